The Morgan fingerprint density at radius 1 is 1.27 bits per heavy atom. The van der Waals surface area contributed by atoms with E-state index in [-0.39, 0.29) is 80.7 Å². The summed E-state index contributed by atoms with van der Waals surface area (Å²) in [6.07, 6.45) is -1.59. The molecule has 0 radical (unpaired) electrons. The van der Waals surface area contributed by atoms with Crippen LogP contribution in [0.2, 0.25) is 0 Å². The number of carbonyl (C=O) groups is 1. The van der Waals surface area contributed by atoms with Crippen molar-refractivity contribution in [3.63, 3.8) is 0 Å². The highest BCUT2D eigenvalue weighted by atomic mass is 32.1. The Hall–Kier alpha value is -4.55. The number of nitrogens with zero attached hydrogens (tertiary/aromatic N) is 6. The van der Waals surface area contributed by atoms with Crippen LogP contribution >= 0.6 is 11.3 Å². The molecular formula is C34H34F5N7O2S. The monoisotopic (exact) mass is 699 g/mol. The van der Waals surface area contributed by atoms with Crippen molar-refractivity contribution in [1.29, 1.82) is 0 Å². The zero-order valence-electron chi connectivity index (χ0n) is 27.1. The van der Waals surface area contributed by atoms with Gasteiger partial charge in [0.1, 0.15) is 23.8 Å². The maximum absolute atomic E-state index is 17.1. The summed E-state index contributed by atoms with van der Waals surface area (Å²) in [5, 5.41) is -0.523. The third kappa shape index (κ3) is 5.90. The van der Waals surface area contributed by atoms with Crippen molar-refractivity contribution in [2.24, 2.45) is 0 Å². The molecule has 0 aliphatic carbocycles. The van der Waals surface area contributed by atoms with Crippen LogP contribution in [0.15, 0.2) is 30.9 Å². The van der Waals surface area contributed by atoms with Crippen LogP contribution in [0, 0.1) is 18.2 Å². The van der Waals surface area contributed by atoms with Gasteiger partial charge in [0, 0.05) is 41.5 Å². The lowest BCUT2D eigenvalue weighted by Crippen LogP contribution is -2.45. The fraction of sp³-hybridized carbons (Fsp3) is 0.412. The molecule has 9 nitrogen and oxygen atoms in total. The minimum atomic E-state index is -5.09. The highest BCUT2D eigenvalue weighted by Gasteiger charge is 2.41. The van der Waals surface area contributed by atoms with Crippen LogP contribution in [0.4, 0.5) is 38.5 Å². The topological polar surface area (TPSA) is 92.2 Å². The Kier molecular flexibility index (Phi) is 9.14. The number of halogens is 5. The van der Waals surface area contributed by atoms with Crippen molar-refractivity contribution < 1.29 is 31.5 Å². The van der Waals surface area contributed by atoms with Gasteiger partial charge in [-0.1, -0.05) is 12.6 Å². The number of thiophene rings is 1. The van der Waals surface area contributed by atoms with E-state index in [4.69, 9.17) is 17.0 Å². The zero-order valence-corrected chi connectivity index (χ0v) is 27.9. The lowest BCUT2D eigenvalue weighted by atomic mass is 9.93. The van der Waals surface area contributed by atoms with Crippen molar-refractivity contribution in [2.45, 2.75) is 57.4 Å². The van der Waals surface area contributed by atoms with E-state index >= 15 is 17.6 Å². The molecule has 258 valence electrons. The summed E-state index contributed by atoms with van der Waals surface area (Å²) in [5.74, 6) is -2.39. The molecule has 0 bridgehead atoms. The number of amides is 1. The van der Waals surface area contributed by atoms with Gasteiger partial charge in [-0.2, -0.15) is 23.1 Å². The van der Waals surface area contributed by atoms with E-state index in [0.29, 0.717) is 24.3 Å². The first-order valence-electron chi connectivity index (χ1n) is 15.8. The second kappa shape index (κ2) is 13.1. The third-order valence-corrected chi connectivity index (χ3v) is 10.6. The number of likely N-dealkylation sites (tertiary alicyclic amines) is 2. The highest BCUT2D eigenvalue weighted by molar-refractivity contribution is 7.23. The molecule has 2 aliphatic heterocycles. The average Bonchev–Trinajstić information content (AvgIpc) is 3.76. The van der Waals surface area contributed by atoms with Gasteiger partial charge in [-0.05, 0) is 70.5 Å². The average molecular weight is 700 g/mol. The predicted molar refractivity (Wildman–Crippen MR) is 180 cm³/mol. The molecule has 2 aromatic carbocycles. The molecule has 49 heavy (non-hydrogen) atoms. The molecule has 6 rings (SSSR count). The smallest absolute Gasteiger partial charge is 0.417 e. The first kappa shape index (κ1) is 34.3. The number of hydrogen-bond acceptors (Lipinski definition) is 8. The van der Waals surface area contributed by atoms with Gasteiger partial charge in [-0.25, -0.2) is 13.6 Å². The highest BCUT2D eigenvalue weighted by Crippen LogP contribution is 2.50. The summed E-state index contributed by atoms with van der Waals surface area (Å²) in [5.41, 5.74) is 2.69. The molecule has 3 unspecified atom stereocenters. The summed E-state index contributed by atoms with van der Waals surface area (Å²) >= 11 is 0.705. The number of nitrogens with two attached hydrogens (primary N) is 1. The van der Waals surface area contributed by atoms with Crippen molar-refractivity contribution in [3.8, 4) is 17.1 Å². The van der Waals surface area contributed by atoms with Crippen molar-refractivity contribution in [2.75, 3.05) is 43.9 Å². The zero-order chi connectivity index (χ0) is 35.4. The summed E-state index contributed by atoms with van der Waals surface area (Å²) in [4.78, 5) is 30.4. The Balaban J connectivity index is 1.62. The third-order valence-electron chi connectivity index (χ3n) is 9.63. The van der Waals surface area contributed by atoms with Crippen LogP contribution in [0.25, 0.3) is 37.0 Å². The molecule has 3 atom stereocenters. The van der Waals surface area contributed by atoms with E-state index in [1.165, 1.54) is 6.08 Å². The second-order valence-corrected chi connectivity index (χ2v) is 13.3. The molecule has 4 heterocycles. The predicted octanol–water partition coefficient (Wildman–Crippen LogP) is 7.42. The molecule has 2 aromatic heterocycles. The Labute approximate surface area is 283 Å². The lowest BCUT2D eigenvalue weighted by molar-refractivity contribution is -0.137. The molecular weight excluding hydrogens is 665 g/mol. The molecule has 2 aliphatic rings. The molecule has 2 saturated heterocycles. The standard InChI is InChI=1S/C34H34F5N7O2S/c1-6-24(47)46-14-12-23(17(46)3)45(7-2)32-20-15-21(34(37,38)39)25(19-10-11-22(35)30-26(19)29(41-4)31(40)49-30)27(36)28(20)42-33(43-32)48-16-18-9-8-13-44(18)5/h6,10-11,15,17-18,23H,1,7-9,12-14,16,40H2,2-3,5H3. The van der Waals surface area contributed by atoms with Gasteiger partial charge < -0.3 is 25.2 Å². The SMILES string of the molecule is [C-]#[N+]c1c(N)sc2c(F)ccc(-c3c(C(F)(F)F)cc4c(N(CC)C5CCN(C(=O)C=C)C5C)nc(OCC5CCCN5C)nc4c3F)c12. The van der Waals surface area contributed by atoms with E-state index in [0.717, 1.165) is 37.6 Å². The molecule has 2 fully saturated rings. The molecule has 4 aromatic rings. The number of alkyl halides is 3. The maximum Gasteiger partial charge on any atom is 0.417 e. The second-order valence-electron chi connectivity index (χ2n) is 12.3. The number of fused-ring (bicyclic) bond motifs is 2. The summed E-state index contributed by atoms with van der Waals surface area (Å²) in [7, 11) is 1.95. The van der Waals surface area contributed by atoms with E-state index in [2.05, 4.69) is 26.3 Å². The number of likely N-dealkylation sites (N-methyl/N-ethyl adjacent to an activating group) is 2. The van der Waals surface area contributed by atoms with Gasteiger partial charge >= 0.3 is 12.2 Å². The summed E-state index contributed by atoms with van der Waals surface area (Å²) in [6.45, 7) is 16.5. The van der Waals surface area contributed by atoms with Gasteiger partial charge in [0.2, 0.25) is 11.6 Å². The Morgan fingerprint density at radius 2 is 2.02 bits per heavy atom. The number of benzene rings is 2. The van der Waals surface area contributed by atoms with E-state index in [1.54, 1.807) is 16.7 Å². The molecule has 2 N–H and O–H groups in total. The van der Waals surface area contributed by atoms with Gasteiger partial charge in [0.25, 0.3) is 0 Å². The normalized spacial score (nSPS) is 19.9. The summed E-state index contributed by atoms with van der Waals surface area (Å²) < 4.78 is 82.9. The number of ether oxygens (including phenoxy) is 1. The van der Waals surface area contributed by atoms with Crippen molar-refractivity contribution in [1.82, 2.24) is 19.8 Å². The Bertz CT molecular complexity index is 2010. The minimum absolute atomic E-state index is 0.0221. The fourth-order valence-electron chi connectivity index (χ4n) is 7.12. The van der Waals surface area contributed by atoms with Crippen molar-refractivity contribution in [3.05, 3.63) is 59.5 Å². The summed E-state index contributed by atoms with van der Waals surface area (Å²) in [6, 6.07) is 1.81. The van der Waals surface area contributed by atoms with Crippen LogP contribution in [-0.4, -0.2) is 77.1 Å². The quantitative estimate of drug-likeness (QED) is 0.116. The number of rotatable bonds is 8. The van der Waals surface area contributed by atoms with Gasteiger partial charge in [-0.15, -0.1) is 11.3 Å². The number of aromatic nitrogens is 2. The Morgan fingerprint density at radius 3 is 2.65 bits per heavy atom. The molecule has 15 heteroatoms. The maximum atomic E-state index is 17.1. The minimum Gasteiger partial charge on any atom is -0.462 e. The van der Waals surface area contributed by atoms with Crippen LogP contribution in [0.3, 0.4) is 0 Å². The fourth-order valence-corrected chi connectivity index (χ4v) is 8.06. The molecule has 0 saturated carbocycles. The van der Waals surface area contributed by atoms with E-state index < -0.39 is 34.5 Å². The number of hydrogen-bond donors (Lipinski definition) is 1. The van der Waals surface area contributed by atoms with Crippen LogP contribution in [0.5, 0.6) is 6.01 Å². The van der Waals surface area contributed by atoms with Gasteiger partial charge in [-0.3, -0.25) is 4.79 Å². The van der Waals surface area contributed by atoms with E-state index in [9.17, 15) is 9.18 Å². The largest absolute Gasteiger partial charge is 0.462 e. The lowest BCUT2D eigenvalue weighted by Gasteiger charge is -2.34. The number of anilines is 2. The van der Waals surface area contributed by atoms with E-state index in [1.807, 2.05) is 14.0 Å². The van der Waals surface area contributed by atoms with Crippen molar-refractivity contribution >= 4 is 54.7 Å². The molecule has 0 spiro atoms. The number of nitrogen functional groups attached to an aromatic ring is 1. The molecule has 1 amide bonds. The number of carbonyl (C=O) groups excluding carboxylic acids is 1. The van der Waals surface area contributed by atoms with Gasteiger partial charge in [0.15, 0.2) is 5.82 Å². The van der Waals surface area contributed by atoms with Crippen LogP contribution in [-0.2, 0) is 11.0 Å². The van der Waals surface area contributed by atoms with Crippen LogP contribution < -0.4 is 15.4 Å². The first-order valence-corrected chi connectivity index (χ1v) is 16.6. The van der Waals surface area contributed by atoms with Crippen LogP contribution in [0.1, 0.15) is 38.7 Å². The first-order chi connectivity index (χ1) is 23.3. The van der Waals surface area contributed by atoms with Gasteiger partial charge in [0.05, 0.1) is 27.9 Å².